The average Bonchev–Trinajstić information content (AvgIpc) is 2.92. The standard InChI is InChI=1S/C22H23FN2O4/c1-13-11-15(7-8-17(13)23)20(27)18-19(14-5-4-6-16(26)12-14)25(10-9-24(2)3)22(29)21(18)28/h4-8,11-12,19,26-27H,9-10H2,1-3H3/b20-18-. The number of hydrogen-bond donors (Lipinski definition) is 2. The summed E-state index contributed by atoms with van der Waals surface area (Å²) in [5.74, 6) is -2.35. The molecule has 1 amide bonds. The minimum absolute atomic E-state index is 0.0154. The first-order valence-corrected chi connectivity index (χ1v) is 9.19. The Morgan fingerprint density at radius 3 is 2.52 bits per heavy atom. The van der Waals surface area contributed by atoms with E-state index in [-0.39, 0.29) is 29.2 Å². The van der Waals surface area contributed by atoms with Gasteiger partial charge in [0.1, 0.15) is 17.3 Å². The Morgan fingerprint density at radius 2 is 1.90 bits per heavy atom. The van der Waals surface area contributed by atoms with E-state index in [2.05, 4.69) is 0 Å². The highest BCUT2D eigenvalue weighted by Gasteiger charge is 2.46. The quantitative estimate of drug-likeness (QED) is 0.460. The highest BCUT2D eigenvalue weighted by molar-refractivity contribution is 6.46. The zero-order valence-corrected chi connectivity index (χ0v) is 16.5. The first kappa shape index (κ1) is 20.5. The van der Waals surface area contributed by atoms with Crippen LogP contribution in [0.25, 0.3) is 5.76 Å². The summed E-state index contributed by atoms with van der Waals surface area (Å²) in [5, 5.41) is 20.8. The summed E-state index contributed by atoms with van der Waals surface area (Å²) in [6.07, 6.45) is 0. The molecule has 1 aliphatic heterocycles. The Balaban J connectivity index is 2.17. The lowest BCUT2D eigenvalue weighted by Gasteiger charge is -2.26. The lowest BCUT2D eigenvalue weighted by atomic mass is 9.94. The summed E-state index contributed by atoms with van der Waals surface area (Å²) in [6, 6.07) is 9.38. The van der Waals surface area contributed by atoms with Gasteiger partial charge in [0.2, 0.25) is 0 Å². The number of likely N-dealkylation sites (tertiary alicyclic amines) is 1. The number of phenolic OH excluding ortho intramolecular Hbond substituents is 1. The van der Waals surface area contributed by atoms with Crippen LogP contribution in [-0.2, 0) is 9.59 Å². The number of aliphatic hydroxyl groups excluding tert-OH is 1. The van der Waals surface area contributed by atoms with Gasteiger partial charge in [-0.2, -0.15) is 0 Å². The first-order chi connectivity index (χ1) is 13.7. The van der Waals surface area contributed by atoms with Crippen molar-refractivity contribution in [1.82, 2.24) is 9.80 Å². The predicted molar refractivity (Wildman–Crippen MR) is 107 cm³/mol. The molecule has 152 valence electrons. The Labute approximate surface area is 168 Å². The number of nitrogens with zero attached hydrogens (tertiary/aromatic N) is 2. The fraction of sp³-hybridized carbons (Fsp3) is 0.273. The number of carbonyl (C=O) groups excluding carboxylic acids is 2. The van der Waals surface area contributed by atoms with E-state index in [9.17, 15) is 24.2 Å². The molecule has 29 heavy (non-hydrogen) atoms. The molecule has 1 unspecified atom stereocenters. The number of hydrogen-bond acceptors (Lipinski definition) is 5. The molecule has 0 aromatic heterocycles. The van der Waals surface area contributed by atoms with Crippen LogP contribution in [-0.4, -0.2) is 58.9 Å². The summed E-state index contributed by atoms with van der Waals surface area (Å²) in [5.41, 5.74) is 0.984. The second-order valence-electron chi connectivity index (χ2n) is 7.35. The van der Waals surface area contributed by atoms with Crippen molar-refractivity contribution in [3.63, 3.8) is 0 Å². The number of Topliss-reactive ketones (excluding diaryl/α,β-unsaturated/α-hetero) is 1. The number of aryl methyl sites for hydroxylation is 1. The molecule has 2 N–H and O–H groups in total. The number of halogens is 1. The van der Waals surface area contributed by atoms with Crippen LogP contribution in [0.2, 0.25) is 0 Å². The van der Waals surface area contributed by atoms with Crippen molar-refractivity contribution in [3.05, 3.63) is 70.5 Å². The van der Waals surface area contributed by atoms with E-state index in [1.165, 1.54) is 35.2 Å². The van der Waals surface area contributed by atoms with E-state index in [0.29, 0.717) is 17.7 Å². The summed E-state index contributed by atoms with van der Waals surface area (Å²) in [4.78, 5) is 28.8. The van der Waals surface area contributed by atoms with Crippen molar-refractivity contribution in [2.24, 2.45) is 0 Å². The molecule has 6 nitrogen and oxygen atoms in total. The maximum absolute atomic E-state index is 13.6. The topological polar surface area (TPSA) is 81.1 Å². The van der Waals surface area contributed by atoms with Crippen LogP contribution in [0.3, 0.4) is 0 Å². The fourth-order valence-electron chi connectivity index (χ4n) is 3.41. The molecule has 3 rings (SSSR count). The van der Waals surface area contributed by atoms with Gasteiger partial charge in [-0.05, 0) is 62.5 Å². The average molecular weight is 398 g/mol. The van der Waals surface area contributed by atoms with Gasteiger partial charge in [-0.1, -0.05) is 12.1 Å². The number of rotatable bonds is 5. The van der Waals surface area contributed by atoms with Gasteiger partial charge in [0.05, 0.1) is 11.6 Å². The van der Waals surface area contributed by atoms with Gasteiger partial charge in [0, 0.05) is 18.7 Å². The zero-order chi connectivity index (χ0) is 21.3. The predicted octanol–water partition coefficient (Wildman–Crippen LogP) is 2.82. The zero-order valence-electron chi connectivity index (χ0n) is 16.5. The molecule has 2 aromatic carbocycles. The Kier molecular flexibility index (Phi) is 5.70. The number of amides is 1. The molecule has 0 aliphatic carbocycles. The molecule has 1 aliphatic rings. The van der Waals surface area contributed by atoms with Crippen molar-refractivity contribution in [2.45, 2.75) is 13.0 Å². The van der Waals surface area contributed by atoms with E-state index in [0.717, 1.165) is 0 Å². The highest BCUT2D eigenvalue weighted by Crippen LogP contribution is 2.40. The molecule has 7 heteroatoms. The molecule has 0 bridgehead atoms. The minimum atomic E-state index is -0.854. The van der Waals surface area contributed by atoms with Crippen LogP contribution < -0.4 is 0 Å². The monoisotopic (exact) mass is 398 g/mol. The van der Waals surface area contributed by atoms with Gasteiger partial charge >= 0.3 is 0 Å². The van der Waals surface area contributed by atoms with Gasteiger partial charge in [-0.25, -0.2) is 4.39 Å². The summed E-state index contributed by atoms with van der Waals surface area (Å²) in [6.45, 7) is 2.32. The molecular weight excluding hydrogens is 375 g/mol. The van der Waals surface area contributed by atoms with Gasteiger partial charge in [0.25, 0.3) is 11.7 Å². The van der Waals surface area contributed by atoms with Crippen molar-refractivity contribution in [2.75, 3.05) is 27.2 Å². The van der Waals surface area contributed by atoms with Gasteiger partial charge in [-0.3, -0.25) is 9.59 Å². The third-order valence-corrected chi connectivity index (χ3v) is 4.95. The van der Waals surface area contributed by atoms with Crippen molar-refractivity contribution >= 4 is 17.4 Å². The molecule has 0 spiro atoms. The van der Waals surface area contributed by atoms with Crippen LogP contribution in [0.15, 0.2) is 48.0 Å². The van der Waals surface area contributed by atoms with E-state index in [4.69, 9.17) is 0 Å². The summed E-state index contributed by atoms with van der Waals surface area (Å²) < 4.78 is 13.6. The van der Waals surface area contributed by atoms with Gasteiger partial charge in [-0.15, -0.1) is 0 Å². The third-order valence-electron chi connectivity index (χ3n) is 4.95. The summed E-state index contributed by atoms with van der Waals surface area (Å²) >= 11 is 0. The lowest BCUT2D eigenvalue weighted by molar-refractivity contribution is -0.140. The van der Waals surface area contributed by atoms with Gasteiger partial charge in [0.15, 0.2) is 0 Å². The minimum Gasteiger partial charge on any atom is -0.508 e. The van der Waals surface area contributed by atoms with Crippen LogP contribution in [0.5, 0.6) is 5.75 Å². The number of carbonyl (C=O) groups is 2. The molecule has 1 atom stereocenters. The second kappa shape index (κ2) is 8.05. The number of likely N-dealkylation sites (N-methyl/N-ethyl adjacent to an activating group) is 1. The Bertz CT molecular complexity index is 1000. The molecule has 0 saturated carbocycles. The normalized spacial score (nSPS) is 18.7. The number of aromatic hydroxyl groups is 1. The Morgan fingerprint density at radius 1 is 1.17 bits per heavy atom. The lowest BCUT2D eigenvalue weighted by Crippen LogP contribution is -2.35. The third kappa shape index (κ3) is 4.00. The van der Waals surface area contributed by atoms with E-state index < -0.39 is 23.5 Å². The van der Waals surface area contributed by atoms with Crippen molar-refractivity contribution < 1.29 is 24.2 Å². The largest absolute Gasteiger partial charge is 0.508 e. The van der Waals surface area contributed by atoms with E-state index in [1.54, 1.807) is 19.1 Å². The molecule has 1 fully saturated rings. The first-order valence-electron chi connectivity index (χ1n) is 9.19. The van der Waals surface area contributed by atoms with Crippen LogP contribution in [0.1, 0.15) is 22.7 Å². The van der Waals surface area contributed by atoms with Crippen LogP contribution in [0.4, 0.5) is 4.39 Å². The Hall–Kier alpha value is -3.19. The van der Waals surface area contributed by atoms with Gasteiger partial charge < -0.3 is 20.0 Å². The van der Waals surface area contributed by atoms with Crippen LogP contribution in [0, 0.1) is 12.7 Å². The highest BCUT2D eigenvalue weighted by atomic mass is 19.1. The smallest absolute Gasteiger partial charge is 0.295 e. The SMILES string of the molecule is Cc1cc(/C(O)=C2/C(=O)C(=O)N(CCN(C)C)C2c2cccc(O)c2)ccc1F. The van der Waals surface area contributed by atoms with E-state index in [1.807, 2.05) is 19.0 Å². The number of phenols is 1. The fourth-order valence-corrected chi connectivity index (χ4v) is 3.41. The molecule has 2 aromatic rings. The summed E-state index contributed by atoms with van der Waals surface area (Å²) in [7, 11) is 3.70. The number of aliphatic hydroxyl groups is 1. The molecule has 1 heterocycles. The van der Waals surface area contributed by atoms with E-state index >= 15 is 0 Å². The molecular formula is C22H23FN2O4. The van der Waals surface area contributed by atoms with Crippen molar-refractivity contribution in [1.29, 1.82) is 0 Å². The maximum atomic E-state index is 13.6. The van der Waals surface area contributed by atoms with Crippen molar-refractivity contribution in [3.8, 4) is 5.75 Å². The second-order valence-corrected chi connectivity index (χ2v) is 7.35. The number of benzene rings is 2. The molecule has 0 radical (unpaired) electrons. The van der Waals surface area contributed by atoms with Crippen LogP contribution >= 0.6 is 0 Å². The molecule has 1 saturated heterocycles. The maximum Gasteiger partial charge on any atom is 0.295 e. The number of ketones is 1.